The molecule has 0 aliphatic heterocycles. The number of nitrogens with two attached hydrogens (primary N) is 1. The van der Waals surface area contributed by atoms with Gasteiger partial charge in [-0.25, -0.2) is 14.1 Å². The number of allylic oxidation sites excluding steroid dienone is 1. The molecule has 2 rings (SSSR count). The van der Waals surface area contributed by atoms with Gasteiger partial charge in [0.15, 0.2) is 0 Å². The molecule has 3 unspecified atom stereocenters. The summed E-state index contributed by atoms with van der Waals surface area (Å²) in [6.45, 7) is 5.77. The van der Waals surface area contributed by atoms with Gasteiger partial charge in [0.25, 0.3) is 5.91 Å². The number of carbonyl (C=O) groups is 1. The van der Waals surface area contributed by atoms with Crippen molar-refractivity contribution in [2.45, 2.75) is 25.6 Å². The molecule has 1 fully saturated rings. The van der Waals surface area contributed by atoms with E-state index >= 15 is 0 Å². The Kier molecular flexibility index (Phi) is 2.49. The first-order valence-corrected chi connectivity index (χ1v) is 5.04. The van der Waals surface area contributed by atoms with Crippen LogP contribution in [0.2, 0.25) is 0 Å². The number of amides is 1. The number of rotatable bonds is 2. The van der Waals surface area contributed by atoms with E-state index in [2.05, 4.69) is 16.7 Å². The summed E-state index contributed by atoms with van der Waals surface area (Å²) >= 11 is 0. The molecule has 1 aliphatic carbocycles. The van der Waals surface area contributed by atoms with Gasteiger partial charge in [0.2, 0.25) is 5.82 Å². The fraction of sp³-hybridized carbons (Fsp3) is 0.500. The third-order valence-electron chi connectivity index (χ3n) is 2.95. The van der Waals surface area contributed by atoms with E-state index in [9.17, 15) is 9.18 Å². The van der Waals surface area contributed by atoms with Crippen molar-refractivity contribution in [2.75, 3.05) is 0 Å². The zero-order chi connectivity index (χ0) is 11.9. The Morgan fingerprint density at radius 3 is 2.88 bits per heavy atom. The number of alkyl halides is 1. The van der Waals surface area contributed by atoms with Crippen molar-refractivity contribution in [2.24, 2.45) is 11.7 Å². The molecule has 1 aromatic heterocycles. The van der Waals surface area contributed by atoms with Crippen molar-refractivity contribution in [3.8, 4) is 0 Å². The van der Waals surface area contributed by atoms with Crippen LogP contribution in [-0.2, 0) is 0 Å². The zero-order valence-corrected chi connectivity index (χ0v) is 8.93. The lowest BCUT2D eigenvalue weighted by atomic mass is 10.1. The first-order valence-electron chi connectivity index (χ1n) is 5.04. The predicted octanol–water partition coefficient (Wildman–Crippen LogP) is 0.852. The van der Waals surface area contributed by atoms with Gasteiger partial charge in [-0.15, -0.1) is 5.10 Å². The van der Waals surface area contributed by atoms with Crippen LogP contribution in [0.1, 0.15) is 30.0 Å². The molecule has 1 aliphatic rings. The summed E-state index contributed by atoms with van der Waals surface area (Å²) in [5.74, 6) is -0.702. The van der Waals surface area contributed by atoms with Crippen LogP contribution in [0.3, 0.4) is 0 Å². The first kappa shape index (κ1) is 10.8. The van der Waals surface area contributed by atoms with Crippen LogP contribution in [0, 0.1) is 5.92 Å². The first-order chi connectivity index (χ1) is 7.50. The molecule has 3 atom stereocenters. The van der Waals surface area contributed by atoms with E-state index in [0.29, 0.717) is 6.42 Å². The van der Waals surface area contributed by atoms with Gasteiger partial charge in [0.05, 0.1) is 0 Å². The number of halogens is 1. The molecule has 5 nitrogen and oxygen atoms in total. The summed E-state index contributed by atoms with van der Waals surface area (Å²) in [5, 5.41) is 3.86. The number of nitrogens with zero attached hydrogens (tertiary/aromatic N) is 3. The molecule has 0 aromatic carbocycles. The van der Waals surface area contributed by atoms with E-state index in [1.165, 1.54) is 11.0 Å². The van der Waals surface area contributed by atoms with E-state index in [-0.39, 0.29) is 11.7 Å². The van der Waals surface area contributed by atoms with Crippen molar-refractivity contribution in [3.05, 3.63) is 24.3 Å². The Hall–Kier alpha value is -1.72. The molecule has 16 heavy (non-hydrogen) atoms. The van der Waals surface area contributed by atoms with Gasteiger partial charge in [-0.3, -0.25) is 4.79 Å². The molecule has 86 valence electrons. The lowest BCUT2D eigenvalue weighted by Gasteiger charge is -2.14. The second-order valence-electron chi connectivity index (χ2n) is 4.08. The largest absolute Gasteiger partial charge is 0.363 e. The van der Waals surface area contributed by atoms with Crippen LogP contribution in [0.4, 0.5) is 4.39 Å². The lowest BCUT2D eigenvalue weighted by molar-refractivity contribution is 0.0989. The maximum Gasteiger partial charge on any atom is 0.288 e. The standard InChI is InChI=1S/C10H13FN4O/c1-5-3-7(11)8(6(5)2)15-4-13-10(14-15)9(12)16/h4-5,7-8H,2-3H2,1H3,(H2,12,16). The van der Waals surface area contributed by atoms with Gasteiger partial charge in [-0.05, 0) is 17.9 Å². The average molecular weight is 224 g/mol. The molecular weight excluding hydrogens is 211 g/mol. The van der Waals surface area contributed by atoms with E-state index < -0.39 is 18.1 Å². The second kappa shape index (κ2) is 3.70. The van der Waals surface area contributed by atoms with Gasteiger partial charge in [-0.1, -0.05) is 13.5 Å². The lowest BCUT2D eigenvalue weighted by Crippen LogP contribution is -2.18. The summed E-state index contributed by atoms with van der Waals surface area (Å²) in [5.41, 5.74) is 5.80. The topological polar surface area (TPSA) is 73.8 Å². The highest BCUT2D eigenvalue weighted by atomic mass is 19.1. The summed E-state index contributed by atoms with van der Waals surface area (Å²) in [6.07, 6.45) is 0.709. The van der Waals surface area contributed by atoms with Gasteiger partial charge >= 0.3 is 0 Å². The summed E-state index contributed by atoms with van der Waals surface area (Å²) in [4.78, 5) is 14.5. The highest BCUT2D eigenvalue weighted by molar-refractivity contribution is 5.88. The quantitative estimate of drug-likeness (QED) is 0.757. The third-order valence-corrected chi connectivity index (χ3v) is 2.95. The maximum atomic E-state index is 13.7. The molecule has 1 aromatic rings. The number of hydrogen-bond donors (Lipinski definition) is 1. The van der Waals surface area contributed by atoms with Crippen molar-refractivity contribution >= 4 is 5.91 Å². The third kappa shape index (κ3) is 1.60. The fourth-order valence-electron chi connectivity index (χ4n) is 2.00. The maximum absolute atomic E-state index is 13.7. The van der Waals surface area contributed by atoms with E-state index in [1.807, 2.05) is 6.92 Å². The van der Waals surface area contributed by atoms with Crippen LogP contribution >= 0.6 is 0 Å². The Morgan fingerprint density at radius 2 is 2.44 bits per heavy atom. The van der Waals surface area contributed by atoms with Crippen molar-refractivity contribution < 1.29 is 9.18 Å². The normalized spacial score (nSPS) is 29.6. The number of carbonyl (C=O) groups excluding carboxylic acids is 1. The number of aromatic nitrogens is 3. The van der Waals surface area contributed by atoms with Crippen molar-refractivity contribution in [3.63, 3.8) is 0 Å². The average Bonchev–Trinajstić information content (AvgIpc) is 2.74. The molecule has 1 saturated carbocycles. The van der Waals surface area contributed by atoms with Crippen LogP contribution in [-0.4, -0.2) is 26.8 Å². The summed E-state index contributed by atoms with van der Waals surface area (Å²) < 4.78 is 15.0. The van der Waals surface area contributed by atoms with Crippen LogP contribution in [0.5, 0.6) is 0 Å². The molecule has 0 radical (unpaired) electrons. The molecule has 6 heteroatoms. The minimum atomic E-state index is -1.04. The molecule has 0 saturated heterocycles. The van der Waals surface area contributed by atoms with Gasteiger partial charge in [-0.2, -0.15) is 0 Å². The highest BCUT2D eigenvalue weighted by Crippen LogP contribution is 2.40. The molecule has 0 spiro atoms. The van der Waals surface area contributed by atoms with E-state index in [4.69, 9.17) is 5.73 Å². The van der Waals surface area contributed by atoms with Crippen molar-refractivity contribution in [1.82, 2.24) is 14.8 Å². The molecular formula is C10H13FN4O. The minimum Gasteiger partial charge on any atom is -0.363 e. The molecule has 0 bridgehead atoms. The molecule has 1 amide bonds. The van der Waals surface area contributed by atoms with Gasteiger partial charge in [0.1, 0.15) is 18.5 Å². The Morgan fingerprint density at radius 1 is 1.75 bits per heavy atom. The Balaban J connectivity index is 2.30. The van der Waals surface area contributed by atoms with Crippen LogP contribution < -0.4 is 5.73 Å². The van der Waals surface area contributed by atoms with E-state index in [1.54, 1.807) is 0 Å². The summed E-state index contributed by atoms with van der Waals surface area (Å²) in [7, 11) is 0. The fourth-order valence-corrected chi connectivity index (χ4v) is 2.00. The molecule has 1 heterocycles. The van der Waals surface area contributed by atoms with Gasteiger partial charge in [0, 0.05) is 0 Å². The molecule has 2 N–H and O–H groups in total. The Bertz CT molecular complexity index is 442. The predicted molar refractivity (Wildman–Crippen MR) is 55.4 cm³/mol. The number of primary amides is 1. The van der Waals surface area contributed by atoms with E-state index in [0.717, 1.165) is 5.57 Å². The Labute approximate surface area is 92.1 Å². The number of hydrogen-bond acceptors (Lipinski definition) is 3. The van der Waals surface area contributed by atoms with Crippen molar-refractivity contribution in [1.29, 1.82) is 0 Å². The van der Waals surface area contributed by atoms with Crippen LogP contribution in [0.25, 0.3) is 0 Å². The summed E-state index contributed by atoms with van der Waals surface area (Å²) in [6, 6.07) is -0.532. The minimum absolute atomic E-state index is 0.0976. The van der Waals surface area contributed by atoms with Crippen LogP contribution in [0.15, 0.2) is 18.5 Å². The zero-order valence-electron chi connectivity index (χ0n) is 8.93. The highest BCUT2D eigenvalue weighted by Gasteiger charge is 2.37. The smallest absolute Gasteiger partial charge is 0.288 e. The monoisotopic (exact) mass is 224 g/mol. The SMILES string of the molecule is C=C1C(C)CC(F)C1n1cnc(C(N)=O)n1. The second-order valence-corrected chi connectivity index (χ2v) is 4.08. The van der Waals surface area contributed by atoms with Gasteiger partial charge < -0.3 is 5.73 Å².